The fraction of sp³-hybridized carbons (Fsp3) is 0.462. The maximum absolute atomic E-state index is 13.1. The highest BCUT2D eigenvalue weighted by atomic mass is 35.5. The van der Waals surface area contributed by atoms with Gasteiger partial charge in [-0.15, -0.1) is 12.4 Å². The van der Waals surface area contributed by atoms with Crippen molar-refractivity contribution in [2.45, 2.75) is 19.4 Å². The van der Waals surface area contributed by atoms with Gasteiger partial charge in [-0.1, -0.05) is 17.7 Å². The summed E-state index contributed by atoms with van der Waals surface area (Å²) in [5, 5.41) is 9.07. The number of benzene rings is 1. The maximum Gasteiger partial charge on any atom is 0.307 e. The van der Waals surface area contributed by atoms with E-state index < -0.39 is 11.8 Å². The molecule has 1 aromatic rings. The summed E-state index contributed by atoms with van der Waals surface area (Å²) >= 11 is 5.76. The van der Waals surface area contributed by atoms with Gasteiger partial charge in [0.2, 0.25) is 0 Å². The summed E-state index contributed by atoms with van der Waals surface area (Å²) in [5.41, 5.74) is 0.910. The number of carbonyl (C=O) groups is 1. The number of rotatable bonds is 3. The molecule has 1 aliphatic rings. The van der Waals surface area contributed by atoms with Crippen molar-refractivity contribution in [3.05, 3.63) is 34.6 Å². The van der Waals surface area contributed by atoms with Crippen molar-refractivity contribution in [3.63, 3.8) is 0 Å². The molecule has 2 unspecified atom stereocenters. The van der Waals surface area contributed by atoms with Crippen LogP contribution in [0.2, 0.25) is 5.02 Å². The zero-order valence-corrected chi connectivity index (χ0v) is 12.0. The van der Waals surface area contributed by atoms with Gasteiger partial charge in [0.25, 0.3) is 0 Å². The highest BCUT2D eigenvalue weighted by Crippen LogP contribution is 2.29. The topological polar surface area (TPSA) is 40.5 Å². The van der Waals surface area contributed by atoms with E-state index in [-0.39, 0.29) is 29.4 Å². The Morgan fingerprint density at radius 2 is 2.26 bits per heavy atom. The first-order valence-corrected chi connectivity index (χ1v) is 6.28. The first kappa shape index (κ1) is 16.2. The number of carboxylic acids is 1. The van der Waals surface area contributed by atoms with Crippen LogP contribution in [-0.4, -0.2) is 29.1 Å². The Morgan fingerprint density at radius 1 is 1.58 bits per heavy atom. The average molecular weight is 308 g/mol. The molecule has 1 heterocycles. The van der Waals surface area contributed by atoms with Crippen molar-refractivity contribution in [3.8, 4) is 0 Å². The zero-order chi connectivity index (χ0) is 13.3. The van der Waals surface area contributed by atoms with Gasteiger partial charge in [-0.25, -0.2) is 4.39 Å². The lowest BCUT2D eigenvalue weighted by molar-refractivity contribution is -0.141. The van der Waals surface area contributed by atoms with Crippen LogP contribution in [0.5, 0.6) is 0 Å². The fourth-order valence-corrected chi connectivity index (χ4v) is 2.51. The highest BCUT2D eigenvalue weighted by Gasteiger charge is 2.31. The second-order valence-corrected chi connectivity index (χ2v) is 5.08. The lowest BCUT2D eigenvalue weighted by Crippen LogP contribution is -2.26. The Morgan fingerprint density at radius 3 is 2.79 bits per heavy atom. The Labute approximate surface area is 122 Å². The second kappa shape index (κ2) is 6.55. The molecule has 0 amide bonds. The molecule has 1 aromatic carbocycles. The summed E-state index contributed by atoms with van der Waals surface area (Å²) in [5.74, 6) is -1.48. The molecule has 0 bridgehead atoms. The average Bonchev–Trinajstić information content (AvgIpc) is 2.81. The Bertz CT molecular complexity index is 470. The Hall–Kier alpha value is -0.840. The summed E-state index contributed by atoms with van der Waals surface area (Å²) in [4.78, 5) is 13.0. The predicted molar refractivity (Wildman–Crippen MR) is 74.4 cm³/mol. The van der Waals surface area contributed by atoms with E-state index in [1.54, 1.807) is 12.1 Å². The van der Waals surface area contributed by atoms with E-state index in [0.29, 0.717) is 13.0 Å². The van der Waals surface area contributed by atoms with E-state index in [4.69, 9.17) is 16.7 Å². The first-order valence-electron chi connectivity index (χ1n) is 5.91. The van der Waals surface area contributed by atoms with Gasteiger partial charge in [0.05, 0.1) is 10.9 Å². The Kier molecular flexibility index (Phi) is 5.59. The summed E-state index contributed by atoms with van der Waals surface area (Å²) in [6.07, 6.45) is 0.661. The van der Waals surface area contributed by atoms with E-state index >= 15 is 0 Å². The molecular weight excluding hydrogens is 292 g/mol. The molecule has 1 N–H and O–H groups in total. The number of carboxylic acid groups (broad SMARTS) is 1. The summed E-state index contributed by atoms with van der Waals surface area (Å²) in [6.45, 7) is 3.26. The number of hydrogen-bond donors (Lipinski definition) is 1. The van der Waals surface area contributed by atoms with Crippen LogP contribution in [-0.2, 0) is 4.79 Å². The van der Waals surface area contributed by atoms with Gasteiger partial charge in [-0.05, 0) is 37.6 Å². The number of halogens is 3. The molecule has 1 fully saturated rings. The number of hydrogen-bond acceptors (Lipinski definition) is 2. The van der Waals surface area contributed by atoms with Gasteiger partial charge < -0.3 is 5.11 Å². The van der Waals surface area contributed by atoms with Crippen LogP contribution in [0.1, 0.15) is 24.9 Å². The third-order valence-electron chi connectivity index (χ3n) is 3.54. The largest absolute Gasteiger partial charge is 0.481 e. The van der Waals surface area contributed by atoms with Crippen molar-refractivity contribution >= 4 is 30.0 Å². The van der Waals surface area contributed by atoms with E-state index in [2.05, 4.69) is 4.90 Å². The van der Waals surface area contributed by atoms with Crippen molar-refractivity contribution in [1.82, 2.24) is 4.90 Å². The van der Waals surface area contributed by atoms with Crippen LogP contribution in [0, 0.1) is 11.7 Å². The van der Waals surface area contributed by atoms with E-state index in [1.165, 1.54) is 6.07 Å². The van der Waals surface area contributed by atoms with E-state index in [9.17, 15) is 9.18 Å². The van der Waals surface area contributed by atoms with Gasteiger partial charge in [0.1, 0.15) is 5.82 Å². The molecular formula is C13H16Cl2FNO2. The van der Waals surface area contributed by atoms with E-state index in [1.807, 2.05) is 6.92 Å². The normalized spacial score (nSPS) is 20.9. The van der Waals surface area contributed by atoms with Crippen molar-refractivity contribution in [2.75, 3.05) is 13.1 Å². The molecule has 0 aromatic heterocycles. The van der Waals surface area contributed by atoms with Crippen LogP contribution in [0.4, 0.5) is 4.39 Å². The third-order valence-corrected chi connectivity index (χ3v) is 3.83. The molecule has 0 saturated carbocycles. The van der Waals surface area contributed by atoms with Crippen LogP contribution in [0.15, 0.2) is 18.2 Å². The number of nitrogens with zero attached hydrogens (tertiary/aromatic N) is 1. The minimum absolute atomic E-state index is 0. The van der Waals surface area contributed by atoms with Gasteiger partial charge in [0, 0.05) is 12.6 Å². The van der Waals surface area contributed by atoms with Crippen LogP contribution in [0.25, 0.3) is 0 Å². The molecule has 19 heavy (non-hydrogen) atoms. The third kappa shape index (κ3) is 3.59. The molecule has 2 atom stereocenters. The van der Waals surface area contributed by atoms with Gasteiger partial charge in [0.15, 0.2) is 0 Å². The van der Waals surface area contributed by atoms with Gasteiger partial charge >= 0.3 is 5.97 Å². The van der Waals surface area contributed by atoms with Crippen LogP contribution < -0.4 is 0 Å². The first-order chi connectivity index (χ1) is 8.49. The summed E-state index contributed by atoms with van der Waals surface area (Å²) < 4.78 is 13.1. The number of likely N-dealkylation sites (tertiary alicyclic amines) is 1. The van der Waals surface area contributed by atoms with Crippen molar-refractivity contribution in [1.29, 1.82) is 0 Å². The Balaban J connectivity index is 0.00000180. The molecule has 6 heteroatoms. The number of aliphatic carboxylic acids is 1. The molecule has 3 nitrogen and oxygen atoms in total. The quantitative estimate of drug-likeness (QED) is 0.931. The van der Waals surface area contributed by atoms with Crippen molar-refractivity contribution in [2.24, 2.45) is 5.92 Å². The summed E-state index contributed by atoms with van der Waals surface area (Å²) in [6, 6.07) is 4.70. The fourth-order valence-electron chi connectivity index (χ4n) is 2.32. The minimum atomic E-state index is -0.748. The molecule has 106 valence electrons. The molecule has 0 spiro atoms. The van der Waals surface area contributed by atoms with Gasteiger partial charge in [-0.2, -0.15) is 0 Å². The molecule has 1 saturated heterocycles. The van der Waals surface area contributed by atoms with Crippen LogP contribution in [0.3, 0.4) is 0 Å². The predicted octanol–water partition coefficient (Wildman–Crippen LogP) is 3.37. The second-order valence-electron chi connectivity index (χ2n) is 4.67. The van der Waals surface area contributed by atoms with Gasteiger partial charge in [-0.3, -0.25) is 9.69 Å². The highest BCUT2D eigenvalue weighted by molar-refractivity contribution is 6.30. The van der Waals surface area contributed by atoms with E-state index in [0.717, 1.165) is 12.1 Å². The SMILES string of the molecule is CC(c1ccc(F)c(Cl)c1)N1CCC(C(=O)O)C1.Cl. The standard InChI is InChI=1S/C13H15ClFNO2.ClH/c1-8(9-2-3-12(15)11(14)6-9)16-5-4-10(7-16)13(17)18;/h2-3,6,8,10H,4-5,7H2,1H3,(H,17,18);1H. The maximum atomic E-state index is 13.1. The lowest BCUT2D eigenvalue weighted by Gasteiger charge is -2.24. The lowest BCUT2D eigenvalue weighted by atomic mass is 10.1. The smallest absolute Gasteiger partial charge is 0.307 e. The van der Waals surface area contributed by atoms with Crippen LogP contribution >= 0.6 is 24.0 Å². The monoisotopic (exact) mass is 307 g/mol. The molecule has 1 aliphatic heterocycles. The minimum Gasteiger partial charge on any atom is -0.481 e. The molecule has 0 radical (unpaired) electrons. The summed E-state index contributed by atoms with van der Waals surface area (Å²) in [7, 11) is 0. The zero-order valence-electron chi connectivity index (χ0n) is 10.5. The molecule has 2 rings (SSSR count). The van der Waals surface area contributed by atoms with Crippen molar-refractivity contribution < 1.29 is 14.3 Å². The molecule has 0 aliphatic carbocycles.